The summed E-state index contributed by atoms with van der Waals surface area (Å²) in [7, 11) is 0. The Morgan fingerprint density at radius 3 is 2.54 bits per heavy atom. The Labute approximate surface area is 77.5 Å². The first-order valence-electron chi connectivity index (χ1n) is 4.36. The van der Waals surface area contributed by atoms with Gasteiger partial charge in [-0.15, -0.1) is 0 Å². The Bertz CT molecular complexity index is 171. The summed E-state index contributed by atoms with van der Waals surface area (Å²) in [6, 6.07) is 0. The molecule has 0 aromatic carbocycles. The van der Waals surface area contributed by atoms with Crippen LogP contribution in [0.5, 0.6) is 0 Å². The second-order valence-corrected chi connectivity index (χ2v) is 2.70. The molecule has 0 saturated heterocycles. The maximum atomic E-state index is 10.9. The average molecular weight is 188 g/mol. The third-order valence-corrected chi connectivity index (χ3v) is 1.41. The van der Waals surface area contributed by atoms with Crippen LogP contribution in [-0.2, 0) is 9.59 Å². The fraction of sp³-hybridized carbons (Fsp3) is 0.750. The van der Waals surface area contributed by atoms with Crippen LogP contribution in [0.3, 0.4) is 0 Å². The summed E-state index contributed by atoms with van der Waals surface area (Å²) < 4.78 is 0. The number of unbranched alkanes of at least 4 members (excludes halogenated alkanes) is 1. The van der Waals surface area contributed by atoms with Crippen LogP contribution in [0, 0.1) is 0 Å². The molecule has 0 heterocycles. The molecule has 0 rings (SSSR count). The summed E-state index contributed by atoms with van der Waals surface area (Å²) in [6.07, 6.45) is 1.98. The van der Waals surface area contributed by atoms with E-state index in [1.807, 2.05) is 6.92 Å². The van der Waals surface area contributed by atoms with Crippen molar-refractivity contribution in [3.8, 4) is 0 Å². The van der Waals surface area contributed by atoms with Gasteiger partial charge in [0.1, 0.15) is 0 Å². The van der Waals surface area contributed by atoms with Crippen molar-refractivity contribution in [1.29, 1.82) is 0 Å². The first kappa shape index (κ1) is 11.9. The Morgan fingerprint density at radius 2 is 2.00 bits per heavy atom. The molecule has 0 aliphatic heterocycles. The van der Waals surface area contributed by atoms with Crippen molar-refractivity contribution in [1.82, 2.24) is 10.6 Å². The molecule has 0 atom stereocenters. The van der Waals surface area contributed by atoms with Crippen molar-refractivity contribution >= 4 is 11.9 Å². The Kier molecular flexibility index (Phi) is 6.91. The molecule has 0 spiro atoms. The van der Waals surface area contributed by atoms with Crippen molar-refractivity contribution in [2.75, 3.05) is 19.6 Å². The molecule has 76 valence electrons. The lowest BCUT2D eigenvalue weighted by atomic mass is 10.3. The SMILES string of the molecule is CCCCNC(=O)CNCC(=O)O. The van der Waals surface area contributed by atoms with Gasteiger partial charge in [-0.1, -0.05) is 13.3 Å². The Balaban J connectivity index is 3.25. The van der Waals surface area contributed by atoms with Gasteiger partial charge >= 0.3 is 5.97 Å². The zero-order valence-corrected chi connectivity index (χ0v) is 7.80. The molecular formula is C8H16N2O3. The molecule has 5 heteroatoms. The molecular weight excluding hydrogens is 172 g/mol. The third-order valence-electron chi connectivity index (χ3n) is 1.41. The first-order valence-corrected chi connectivity index (χ1v) is 4.36. The predicted molar refractivity (Wildman–Crippen MR) is 48.4 cm³/mol. The summed E-state index contributed by atoms with van der Waals surface area (Å²) in [5.74, 6) is -1.11. The predicted octanol–water partition coefficient (Wildman–Crippen LogP) is -0.423. The summed E-state index contributed by atoms with van der Waals surface area (Å²) >= 11 is 0. The first-order chi connectivity index (χ1) is 6.16. The van der Waals surface area contributed by atoms with E-state index in [-0.39, 0.29) is 19.0 Å². The van der Waals surface area contributed by atoms with Crippen molar-refractivity contribution in [2.24, 2.45) is 0 Å². The molecule has 1 amide bonds. The minimum Gasteiger partial charge on any atom is -0.480 e. The number of aliphatic carboxylic acids is 1. The average Bonchev–Trinajstić information content (AvgIpc) is 2.04. The van der Waals surface area contributed by atoms with Crippen molar-refractivity contribution in [2.45, 2.75) is 19.8 Å². The van der Waals surface area contributed by atoms with Crippen LogP contribution in [0.2, 0.25) is 0 Å². The highest BCUT2D eigenvalue weighted by atomic mass is 16.4. The fourth-order valence-corrected chi connectivity index (χ4v) is 0.750. The lowest BCUT2D eigenvalue weighted by Crippen LogP contribution is -2.36. The third kappa shape index (κ3) is 8.81. The van der Waals surface area contributed by atoms with E-state index in [0.717, 1.165) is 12.8 Å². The number of amides is 1. The molecule has 0 unspecified atom stereocenters. The number of hydrogen-bond donors (Lipinski definition) is 3. The van der Waals surface area contributed by atoms with Crippen LogP contribution in [-0.4, -0.2) is 36.6 Å². The smallest absolute Gasteiger partial charge is 0.317 e. The van der Waals surface area contributed by atoms with Crippen LogP contribution < -0.4 is 10.6 Å². The monoisotopic (exact) mass is 188 g/mol. The van der Waals surface area contributed by atoms with E-state index in [9.17, 15) is 9.59 Å². The maximum Gasteiger partial charge on any atom is 0.317 e. The highest BCUT2D eigenvalue weighted by Crippen LogP contribution is 1.81. The van der Waals surface area contributed by atoms with Gasteiger partial charge in [-0.3, -0.25) is 14.9 Å². The number of carboxylic acid groups (broad SMARTS) is 1. The number of carbonyl (C=O) groups excluding carboxylic acids is 1. The van der Waals surface area contributed by atoms with E-state index in [1.54, 1.807) is 0 Å². The maximum absolute atomic E-state index is 10.9. The van der Waals surface area contributed by atoms with Gasteiger partial charge in [0.2, 0.25) is 5.91 Å². The van der Waals surface area contributed by atoms with E-state index in [2.05, 4.69) is 10.6 Å². The van der Waals surface area contributed by atoms with Crippen LogP contribution in [0.25, 0.3) is 0 Å². The van der Waals surface area contributed by atoms with E-state index in [0.29, 0.717) is 6.54 Å². The number of carboxylic acids is 1. The van der Waals surface area contributed by atoms with Gasteiger partial charge in [0.05, 0.1) is 13.1 Å². The summed E-state index contributed by atoms with van der Waals surface area (Å²) in [5, 5.41) is 13.4. The van der Waals surface area contributed by atoms with Crippen LogP contribution in [0.1, 0.15) is 19.8 Å². The largest absolute Gasteiger partial charge is 0.480 e. The van der Waals surface area contributed by atoms with Gasteiger partial charge in [-0.2, -0.15) is 0 Å². The lowest BCUT2D eigenvalue weighted by Gasteiger charge is -2.03. The molecule has 0 aromatic heterocycles. The fourth-order valence-electron chi connectivity index (χ4n) is 0.750. The zero-order chi connectivity index (χ0) is 10.1. The Morgan fingerprint density at radius 1 is 1.31 bits per heavy atom. The minimum atomic E-state index is -0.957. The van der Waals surface area contributed by atoms with Crippen molar-refractivity contribution in [3.05, 3.63) is 0 Å². The highest BCUT2D eigenvalue weighted by Gasteiger charge is 2.00. The molecule has 5 nitrogen and oxygen atoms in total. The van der Waals surface area contributed by atoms with Gasteiger partial charge in [-0.05, 0) is 6.42 Å². The molecule has 0 radical (unpaired) electrons. The lowest BCUT2D eigenvalue weighted by molar-refractivity contribution is -0.136. The molecule has 0 bridgehead atoms. The van der Waals surface area contributed by atoms with Crippen LogP contribution in [0.4, 0.5) is 0 Å². The van der Waals surface area contributed by atoms with Crippen molar-refractivity contribution < 1.29 is 14.7 Å². The standard InChI is InChI=1S/C8H16N2O3/c1-2-3-4-10-7(11)5-9-6-8(12)13/h9H,2-6H2,1H3,(H,10,11)(H,12,13). The number of hydrogen-bond acceptors (Lipinski definition) is 3. The van der Waals surface area contributed by atoms with E-state index >= 15 is 0 Å². The van der Waals surface area contributed by atoms with Gasteiger partial charge in [0, 0.05) is 6.54 Å². The van der Waals surface area contributed by atoms with Crippen molar-refractivity contribution in [3.63, 3.8) is 0 Å². The summed E-state index contributed by atoms with van der Waals surface area (Å²) in [4.78, 5) is 21.0. The molecule has 0 aromatic rings. The van der Waals surface area contributed by atoms with Gasteiger partial charge < -0.3 is 10.4 Å². The second-order valence-electron chi connectivity index (χ2n) is 2.70. The molecule has 0 aliphatic carbocycles. The summed E-state index contributed by atoms with van der Waals surface area (Å²) in [5.41, 5.74) is 0. The van der Waals surface area contributed by atoms with E-state index in [1.165, 1.54) is 0 Å². The van der Waals surface area contributed by atoms with E-state index in [4.69, 9.17) is 5.11 Å². The molecule has 0 saturated carbocycles. The van der Waals surface area contributed by atoms with Gasteiger partial charge in [-0.25, -0.2) is 0 Å². The second kappa shape index (κ2) is 7.54. The van der Waals surface area contributed by atoms with Gasteiger partial charge in [0.15, 0.2) is 0 Å². The highest BCUT2D eigenvalue weighted by molar-refractivity contribution is 5.78. The minimum absolute atomic E-state index is 0.0655. The topological polar surface area (TPSA) is 78.4 Å². The summed E-state index contributed by atoms with van der Waals surface area (Å²) in [6.45, 7) is 2.58. The molecule has 0 fully saturated rings. The molecule has 3 N–H and O–H groups in total. The molecule has 0 aliphatic rings. The van der Waals surface area contributed by atoms with Gasteiger partial charge in [0.25, 0.3) is 0 Å². The number of rotatable bonds is 7. The normalized spacial score (nSPS) is 9.62. The quantitative estimate of drug-likeness (QED) is 0.474. The molecule has 13 heavy (non-hydrogen) atoms. The van der Waals surface area contributed by atoms with Crippen LogP contribution >= 0.6 is 0 Å². The Hall–Kier alpha value is -1.10. The number of carbonyl (C=O) groups is 2. The number of nitrogens with one attached hydrogen (secondary N) is 2. The zero-order valence-electron chi connectivity index (χ0n) is 7.80. The van der Waals surface area contributed by atoms with E-state index < -0.39 is 5.97 Å². The van der Waals surface area contributed by atoms with Crippen LogP contribution in [0.15, 0.2) is 0 Å².